The second kappa shape index (κ2) is 5.27. The van der Waals surface area contributed by atoms with Gasteiger partial charge >= 0.3 is 0 Å². The molecule has 2 aromatic rings. The summed E-state index contributed by atoms with van der Waals surface area (Å²) in [5, 5.41) is 9.61. The molecule has 1 heterocycles. The van der Waals surface area contributed by atoms with Gasteiger partial charge in [-0.3, -0.25) is 0 Å². The summed E-state index contributed by atoms with van der Waals surface area (Å²) in [4.78, 5) is -0.147. The highest BCUT2D eigenvalue weighted by molar-refractivity contribution is 7.89. The molecule has 0 aromatic heterocycles. The van der Waals surface area contributed by atoms with Gasteiger partial charge in [0.05, 0.1) is 0 Å². The van der Waals surface area contributed by atoms with Gasteiger partial charge in [-0.25, -0.2) is 13.1 Å². The monoisotopic (exact) mass is 307 g/mol. The summed E-state index contributed by atoms with van der Waals surface area (Å²) in [6.45, 7) is 0.260. The Labute approximate surface area is 122 Å². The van der Waals surface area contributed by atoms with Gasteiger partial charge in [0.15, 0.2) is 11.5 Å². The van der Waals surface area contributed by atoms with E-state index in [4.69, 9.17) is 9.47 Å². The van der Waals surface area contributed by atoms with Gasteiger partial charge in [0.2, 0.25) is 16.8 Å². The lowest BCUT2D eigenvalue weighted by Crippen LogP contribution is -2.23. The lowest BCUT2D eigenvalue weighted by atomic mass is 10.2. The number of phenols is 1. The van der Waals surface area contributed by atoms with Gasteiger partial charge in [-0.1, -0.05) is 18.2 Å². The zero-order valence-electron chi connectivity index (χ0n) is 10.9. The number of hydrogen-bond acceptors (Lipinski definition) is 5. The Balaban J connectivity index is 1.77. The quantitative estimate of drug-likeness (QED) is 0.896. The molecule has 0 atom stereocenters. The van der Waals surface area contributed by atoms with Crippen molar-refractivity contribution >= 4 is 10.0 Å². The van der Waals surface area contributed by atoms with Crippen LogP contribution in [0.4, 0.5) is 0 Å². The van der Waals surface area contributed by atoms with E-state index in [2.05, 4.69) is 4.72 Å². The maximum Gasteiger partial charge on any atom is 0.244 e. The number of para-hydroxylation sites is 1. The average molecular weight is 307 g/mol. The summed E-state index contributed by atoms with van der Waals surface area (Å²) in [6.07, 6.45) is 0. The number of sulfonamides is 1. The van der Waals surface area contributed by atoms with Gasteiger partial charge in [0.1, 0.15) is 10.6 Å². The Morgan fingerprint density at radius 1 is 1.10 bits per heavy atom. The highest BCUT2D eigenvalue weighted by atomic mass is 32.2. The smallest absolute Gasteiger partial charge is 0.244 e. The van der Waals surface area contributed by atoms with E-state index in [9.17, 15) is 13.5 Å². The third kappa shape index (κ3) is 2.79. The van der Waals surface area contributed by atoms with Crippen molar-refractivity contribution in [1.29, 1.82) is 0 Å². The van der Waals surface area contributed by atoms with Crippen LogP contribution in [0.1, 0.15) is 5.56 Å². The first-order valence-corrected chi connectivity index (χ1v) is 7.71. The first-order chi connectivity index (χ1) is 10.1. The Morgan fingerprint density at radius 3 is 2.67 bits per heavy atom. The molecule has 0 aliphatic carbocycles. The van der Waals surface area contributed by atoms with Crippen LogP contribution in [0.3, 0.4) is 0 Å². The van der Waals surface area contributed by atoms with Crippen LogP contribution in [0.15, 0.2) is 47.4 Å². The Hall–Kier alpha value is -2.25. The van der Waals surface area contributed by atoms with E-state index in [0.717, 1.165) is 5.56 Å². The van der Waals surface area contributed by atoms with Crippen molar-refractivity contribution in [2.45, 2.75) is 11.4 Å². The molecule has 3 rings (SSSR count). The van der Waals surface area contributed by atoms with Gasteiger partial charge in [-0.15, -0.1) is 0 Å². The second-order valence-corrected chi connectivity index (χ2v) is 6.22. The molecular weight excluding hydrogens is 294 g/mol. The molecule has 2 N–H and O–H groups in total. The van der Waals surface area contributed by atoms with Crippen LogP contribution in [0.5, 0.6) is 17.2 Å². The van der Waals surface area contributed by atoms with Crippen LogP contribution in [-0.4, -0.2) is 20.3 Å². The van der Waals surface area contributed by atoms with E-state index >= 15 is 0 Å². The summed E-state index contributed by atoms with van der Waals surface area (Å²) in [5.74, 6) is 0.951. The average Bonchev–Trinajstić information content (AvgIpc) is 2.93. The minimum atomic E-state index is -3.78. The van der Waals surface area contributed by atoms with Crippen LogP contribution in [0.2, 0.25) is 0 Å². The van der Waals surface area contributed by atoms with Crippen molar-refractivity contribution in [3.8, 4) is 17.2 Å². The van der Waals surface area contributed by atoms with Crippen molar-refractivity contribution in [3.63, 3.8) is 0 Å². The molecule has 0 bridgehead atoms. The van der Waals surface area contributed by atoms with Crippen LogP contribution < -0.4 is 14.2 Å². The minimum Gasteiger partial charge on any atom is -0.507 e. The number of benzene rings is 2. The Morgan fingerprint density at radius 2 is 1.86 bits per heavy atom. The third-order valence-electron chi connectivity index (χ3n) is 3.06. The molecule has 21 heavy (non-hydrogen) atoms. The molecule has 2 aromatic carbocycles. The SMILES string of the molecule is O=S(=O)(NCc1ccc2c(c1)OCO2)c1ccccc1O. The topological polar surface area (TPSA) is 84.9 Å². The van der Waals surface area contributed by atoms with Gasteiger partial charge in [0, 0.05) is 6.54 Å². The summed E-state index contributed by atoms with van der Waals surface area (Å²) in [5.41, 5.74) is 0.734. The van der Waals surface area contributed by atoms with E-state index in [-0.39, 0.29) is 24.0 Å². The van der Waals surface area contributed by atoms with E-state index in [1.807, 2.05) is 0 Å². The molecule has 0 saturated carbocycles. The van der Waals surface area contributed by atoms with E-state index < -0.39 is 10.0 Å². The predicted octanol–water partition coefficient (Wildman–Crippen LogP) is 1.60. The molecule has 1 aliphatic heterocycles. The van der Waals surface area contributed by atoms with Crippen LogP contribution in [-0.2, 0) is 16.6 Å². The number of rotatable bonds is 4. The van der Waals surface area contributed by atoms with Crippen LogP contribution in [0, 0.1) is 0 Å². The number of nitrogens with one attached hydrogen (secondary N) is 1. The molecule has 7 heteroatoms. The molecule has 0 saturated heterocycles. The van der Waals surface area contributed by atoms with Gasteiger partial charge in [-0.2, -0.15) is 0 Å². The normalized spacial score (nSPS) is 13.3. The zero-order valence-corrected chi connectivity index (χ0v) is 11.8. The molecule has 0 radical (unpaired) electrons. The molecule has 6 nitrogen and oxygen atoms in total. The van der Waals surface area contributed by atoms with Crippen LogP contribution >= 0.6 is 0 Å². The van der Waals surface area contributed by atoms with Crippen molar-refractivity contribution < 1.29 is 23.0 Å². The zero-order chi connectivity index (χ0) is 14.9. The van der Waals surface area contributed by atoms with Crippen molar-refractivity contribution in [2.75, 3.05) is 6.79 Å². The molecule has 0 spiro atoms. The van der Waals surface area contributed by atoms with Crippen molar-refractivity contribution in [2.24, 2.45) is 0 Å². The highest BCUT2D eigenvalue weighted by Gasteiger charge is 2.18. The van der Waals surface area contributed by atoms with Gasteiger partial charge in [0.25, 0.3) is 0 Å². The minimum absolute atomic E-state index is 0.0906. The summed E-state index contributed by atoms with van der Waals surface area (Å²) in [7, 11) is -3.78. The van der Waals surface area contributed by atoms with Crippen LogP contribution in [0.25, 0.3) is 0 Å². The summed E-state index contributed by atoms with van der Waals surface area (Å²) in [6, 6.07) is 11.0. The number of phenolic OH excluding ortho intramolecular Hbond substituents is 1. The first kappa shape index (κ1) is 13.7. The van der Waals surface area contributed by atoms with Gasteiger partial charge < -0.3 is 14.6 Å². The lowest BCUT2D eigenvalue weighted by Gasteiger charge is -2.08. The maximum atomic E-state index is 12.1. The standard InChI is InChI=1S/C14H13NO5S/c16-11-3-1-2-4-14(11)21(17,18)15-8-10-5-6-12-13(7-10)20-9-19-12/h1-7,15-16H,8-9H2. The first-order valence-electron chi connectivity index (χ1n) is 6.22. The van der Waals surface area contributed by atoms with Crippen molar-refractivity contribution in [3.05, 3.63) is 48.0 Å². The number of ether oxygens (including phenoxy) is 2. The fourth-order valence-electron chi connectivity index (χ4n) is 1.99. The maximum absolute atomic E-state index is 12.1. The molecule has 1 aliphatic rings. The lowest BCUT2D eigenvalue weighted by molar-refractivity contribution is 0.174. The summed E-state index contributed by atoms with van der Waals surface area (Å²) < 4.78 is 37.1. The van der Waals surface area contributed by atoms with E-state index in [1.54, 1.807) is 30.3 Å². The molecular formula is C14H13NO5S. The van der Waals surface area contributed by atoms with Crippen molar-refractivity contribution in [1.82, 2.24) is 4.72 Å². The highest BCUT2D eigenvalue weighted by Crippen LogP contribution is 2.32. The molecule has 0 amide bonds. The van der Waals surface area contributed by atoms with E-state index in [0.29, 0.717) is 11.5 Å². The second-order valence-electron chi connectivity index (χ2n) is 4.48. The fourth-order valence-corrected chi connectivity index (χ4v) is 3.10. The van der Waals surface area contributed by atoms with Gasteiger partial charge in [-0.05, 0) is 29.8 Å². The summed E-state index contributed by atoms with van der Waals surface area (Å²) >= 11 is 0. The predicted molar refractivity (Wildman–Crippen MR) is 74.7 cm³/mol. The molecule has 110 valence electrons. The number of hydrogen-bond donors (Lipinski definition) is 2. The number of aromatic hydroxyl groups is 1. The third-order valence-corrected chi connectivity index (χ3v) is 4.51. The van der Waals surface area contributed by atoms with E-state index in [1.165, 1.54) is 12.1 Å². The largest absolute Gasteiger partial charge is 0.507 e. The molecule has 0 fully saturated rings. The number of fused-ring (bicyclic) bond motifs is 1. The fraction of sp³-hybridized carbons (Fsp3) is 0.143. The molecule has 0 unspecified atom stereocenters. The Bertz CT molecular complexity index is 773. The Kier molecular flexibility index (Phi) is 3.44.